The van der Waals surface area contributed by atoms with E-state index in [9.17, 15) is 0 Å². The number of hydrogen-bond acceptors (Lipinski definition) is 4. The van der Waals surface area contributed by atoms with Gasteiger partial charge in [0.05, 0.1) is 19.4 Å². The molecule has 7 nitrogen and oxygen atoms in total. The van der Waals surface area contributed by atoms with Crippen LogP contribution >= 0.6 is 0 Å². The van der Waals surface area contributed by atoms with Crippen molar-refractivity contribution in [2.45, 2.75) is 45.9 Å². The van der Waals surface area contributed by atoms with Crippen LogP contribution in [0.5, 0.6) is 5.75 Å². The maximum atomic E-state index is 6.17. The summed E-state index contributed by atoms with van der Waals surface area (Å²) in [6, 6.07) is 6.32. The first-order valence-electron chi connectivity index (χ1n) is 9.91. The minimum atomic E-state index is 0.143. The van der Waals surface area contributed by atoms with Gasteiger partial charge in [0.15, 0.2) is 5.96 Å². The van der Waals surface area contributed by atoms with Crippen LogP contribution < -0.4 is 15.4 Å². The lowest BCUT2D eigenvalue weighted by Crippen LogP contribution is -2.37. The van der Waals surface area contributed by atoms with E-state index in [4.69, 9.17) is 9.47 Å². The normalized spacial score (nSPS) is 17.0. The van der Waals surface area contributed by atoms with Crippen molar-refractivity contribution in [3.63, 3.8) is 0 Å². The molecule has 152 valence electrons. The van der Waals surface area contributed by atoms with E-state index in [1.54, 1.807) is 7.05 Å². The van der Waals surface area contributed by atoms with Crippen molar-refractivity contribution < 1.29 is 9.47 Å². The van der Waals surface area contributed by atoms with E-state index in [0.717, 1.165) is 49.8 Å². The van der Waals surface area contributed by atoms with Crippen molar-refractivity contribution >= 4 is 5.96 Å². The van der Waals surface area contributed by atoms with Gasteiger partial charge in [0.2, 0.25) is 0 Å². The molecule has 1 saturated heterocycles. The molecule has 0 aliphatic carbocycles. The number of rotatable bonds is 8. The van der Waals surface area contributed by atoms with E-state index in [-0.39, 0.29) is 6.10 Å². The molecule has 1 atom stereocenters. The molecular weight excluding hydrogens is 354 g/mol. The molecule has 2 N–H and O–H groups in total. The standard InChI is InChI=1S/C21H31N5O2/c1-16-5-6-18(20(11-16)28-19-7-10-27-15-19)13-24-21(22-3)23-8-4-9-26-14-17(2)12-25-26/h5-6,11-12,14,19H,4,7-10,13,15H2,1-3H3,(H2,22,23,24). The summed E-state index contributed by atoms with van der Waals surface area (Å²) in [5.74, 6) is 1.71. The topological polar surface area (TPSA) is 72.7 Å². The molecule has 0 saturated carbocycles. The zero-order valence-corrected chi connectivity index (χ0v) is 17.1. The second-order valence-electron chi connectivity index (χ2n) is 7.20. The first kappa shape index (κ1) is 20.2. The molecule has 3 rings (SSSR count). The molecule has 1 aliphatic rings. The van der Waals surface area contributed by atoms with E-state index in [1.165, 1.54) is 11.1 Å². The van der Waals surface area contributed by atoms with Crippen molar-refractivity contribution in [2.24, 2.45) is 4.99 Å². The highest BCUT2D eigenvalue weighted by Gasteiger charge is 2.18. The number of guanidine groups is 1. The Bertz CT molecular complexity index is 781. The van der Waals surface area contributed by atoms with Crippen molar-refractivity contribution in [3.8, 4) is 5.75 Å². The van der Waals surface area contributed by atoms with Gasteiger partial charge in [-0.2, -0.15) is 5.10 Å². The van der Waals surface area contributed by atoms with Crippen LogP contribution in [0.2, 0.25) is 0 Å². The van der Waals surface area contributed by atoms with E-state index in [0.29, 0.717) is 13.2 Å². The third-order valence-corrected chi connectivity index (χ3v) is 4.69. The van der Waals surface area contributed by atoms with Gasteiger partial charge in [0.25, 0.3) is 0 Å². The quantitative estimate of drug-likeness (QED) is 0.415. The average molecular weight is 386 g/mol. The fraction of sp³-hybridized carbons (Fsp3) is 0.524. The predicted octanol–water partition coefficient (Wildman–Crippen LogP) is 2.42. The van der Waals surface area contributed by atoms with Gasteiger partial charge >= 0.3 is 0 Å². The van der Waals surface area contributed by atoms with Gasteiger partial charge in [-0.3, -0.25) is 9.67 Å². The number of aryl methyl sites for hydroxylation is 3. The van der Waals surface area contributed by atoms with Gasteiger partial charge in [-0.15, -0.1) is 0 Å². The van der Waals surface area contributed by atoms with Crippen LogP contribution in [0.3, 0.4) is 0 Å². The number of aromatic nitrogens is 2. The fourth-order valence-corrected chi connectivity index (χ4v) is 3.14. The molecule has 0 amide bonds. The van der Waals surface area contributed by atoms with Gasteiger partial charge in [0, 0.05) is 44.9 Å². The van der Waals surface area contributed by atoms with Gasteiger partial charge in [-0.05, 0) is 37.5 Å². The second-order valence-corrected chi connectivity index (χ2v) is 7.20. The Kier molecular flexibility index (Phi) is 7.31. The molecule has 2 aromatic rings. The second kappa shape index (κ2) is 10.1. The van der Waals surface area contributed by atoms with E-state index < -0.39 is 0 Å². The molecule has 1 aromatic heterocycles. The van der Waals surface area contributed by atoms with Gasteiger partial charge in [-0.1, -0.05) is 12.1 Å². The number of ether oxygens (including phenoxy) is 2. The van der Waals surface area contributed by atoms with Crippen LogP contribution in [-0.2, 0) is 17.8 Å². The summed E-state index contributed by atoms with van der Waals surface area (Å²) >= 11 is 0. The van der Waals surface area contributed by atoms with E-state index in [2.05, 4.69) is 59.0 Å². The van der Waals surface area contributed by atoms with Crippen molar-refractivity contribution in [1.29, 1.82) is 0 Å². The Balaban J connectivity index is 1.47. The molecule has 0 spiro atoms. The molecule has 1 aromatic carbocycles. The van der Waals surface area contributed by atoms with Crippen molar-refractivity contribution in [3.05, 3.63) is 47.3 Å². The molecule has 7 heteroatoms. The Morgan fingerprint density at radius 2 is 2.21 bits per heavy atom. The highest BCUT2D eigenvalue weighted by atomic mass is 16.5. The molecular formula is C21H31N5O2. The highest BCUT2D eigenvalue weighted by molar-refractivity contribution is 5.79. The molecule has 1 fully saturated rings. The number of aliphatic imine (C=N–C) groups is 1. The van der Waals surface area contributed by atoms with E-state index >= 15 is 0 Å². The van der Waals surface area contributed by atoms with Crippen LogP contribution in [0.25, 0.3) is 0 Å². The van der Waals surface area contributed by atoms with Gasteiger partial charge < -0.3 is 20.1 Å². The van der Waals surface area contributed by atoms with Crippen LogP contribution in [-0.4, -0.2) is 48.7 Å². The van der Waals surface area contributed by atoms with Gasteiger partial charge in [0.1, 0.15) is 11.9 Å². The van der Waals surface area contributed by atoms with Crippen molar-refractivity contribution in [2.75, 3.05) is 26.8 Å². The van der Waals surface area contributed by atoms with Crippen LogP contribution in [0.4, 0.5) is 0 Å². The maximum Gasteiger partial charge on any atom is 0.191 e. The van der Waals surface area contributed by atoms with E-state index in [1.807, 2.05) is 10.9 Å². The maximum absolute atomic E-state index is 6.17. The fourth-order valence-electron chi connectivity index (χ4n) is 3.14. The summed E-state index contributed by atoms with van der Waals surface area (Å²) in [5.41, 5.74) is 3.49. The molecule has 1 unspecified atom stereocenters. The molecule has 28 heavy (non-hydrogen) atoms. The summed E-state index contributed by atoms with van der Waals surface area (Å²) in [4.78, 5) is 4.31. The smallest absolute Gasteiger partial charge is 0.191 e. The molecule has 1 aliphatic heterocycles. The Hall–Kier alpha value is -2.54. The lowest BCUT2D eigenvalue weighted by atomic mass is 10.1. The Labute approximate surface area is 167 Å². The number of nitrogens with zero attached hydrogens (tertiary/aromatic N) is 3. The summed E-state index contributed by atoms with van der Waals surface area (Å²) in [6.45, 7) is 7.94. The van der Waals surface area contributed by atoms with Crippen LogP contribution in [0.1, 0.15) is 29.5 Å². The third kappa shape index (κ3) is 5.99. The largest absolute Gasteiger partial charge is 0.488 e. The number of benzene rings is 1. The lowest BCUT2D eigenvalue weighted by Gasteiger charge is -2.18. The molecule has 0 bridgehead atoms. The average Bonchev–Trinajstić information content (AvgIpc) is 3.34. The van der Waals surface area contributed by atoms with Crippen LogP contribution in [0, 0.1) is 13.8 Å². The highest BCUT2D eigenvalue weighted by Crippen LogP contribution is 2.23. The molecule has 0 radical (unpaired) electrons. The van der Waals surface area contributed by atoms with Gasteiger partial charge in [-0.25, -0.2) is 0 Å². The van der Waals surface area contributed by atoms with Crippen LogP contribution in [0.15, 0.2) is 35.6 Å². The minimum Gasteiger partial charge on any atom is -0.488 e. The first-order chi connectivity index (χ1) is 13.6. The lowest BCUT2D eigenvalue weighted by molar-refractivity contribution is 0.140. The summed E-state index contributed by atoms with van der Waals surface area (Å²) in [5, 5.41) is 11.0. The zero-order chi connectivity index (χ0) is 19.8. The molecule has 2 heterocycles. The SMILES string of the molecule is CN=C(NCCCn1cc(C)cn1)NCc1ccc(C)cc1OC1CCOC1. The minimum absolute atomic E-state index is 0.143. The predicted molar refractivity (Wildman–Crippen MR) is 111 cm³/mol. The first-order valence-corrected chi connectivity index (χ1v) is 9.91. The summed E-state index contributed by atoms with van der Waals surface area (Å²) in [7, 11) is 1.79. The number of hydrogen-bond donors (Lipinski definition) is 2. The Morgan fingerprint density at radius 1 is 1.32 bits per heavy atom. The van der Waals surface area contributed by atoms with Crippen molar-refractivity contribution in [1.82, 2.24) is 20.4 Å². The Morgan fingerprint density at radius 3 is 2.93 bits per heavy atom. The third-order valence-electron chi connectivity index (χ3n) is 4.69. The monoisotopic (exact) mass is 385 g/mol. The zero-order valence-electron chi connectivity index (χ0n) is 17.1. The number of nitrogens with one attached hydrogen (secondary N) is 2. The summed E-state index contributed by atoms with van der Waals surface area (Å²) < 4.78 is 13.6. The summed E-state index contributed by atoms with van der Waals surface area (Å²) in [6.07, 6.45) is 6.00.